The predicted octanol–water partition coefficient (Wildman–Crippen LogP) is 6.25. The molecule has 3 aromatic rings. The number of anilines is 1. The van der Waals surface area contributed by atoms with Gasteiger partial charge in [0.25, 0.3) is 5.91 Å². The van der Waals surface area contributed by atoms with Crippen molar-refractivity contribution in [2.24, 2.45) is 5.92 Å². The van der Waals surface area contributed by atoms with Crippen LogP contribution in [0.15, 0.2) is 52.5 Å². The summed E-state index contributed by atoms with van der Waals surface area (Å²) in [7, 11) is 0. The van der Waals surface area contributed by atoms with Crippen LogP contribution in [0.3, 0.4) is 0 Å². The fraction of sp³-hybridized carbons (Fsp3) is 0.296. The molecule has 1 aromatic carbocycles. The molecule has 6 nitrogen and oxygen atoms in total. The van der Waals surface area contributed by atoms with Crippen LogP contribution in [0, 0.1) is 17.2 Å². The number of amides is 1. The van der Waals surface area contributed by atoms with Crippen LogP contribution in [-0.4, -0.2) is 18.5 Å². The second-order valence-corrected chi connectivity index (χ2v) is 9.24. The van der Waals surface area contributed by atoms with Gasteiger partial charge < -0.3 is 14.5 Å². The molecule has 2 heterocycles. The zero-order valence-corrected chi connectivity index (χ0v) is 20.0. The fourth-order valence-corrected chi connectivity index (χ4v) is 5.50. The van der Waals surface area contributed by atoms with Gasteiger partial charge in [0.1, 0.15) is 28.2 Å². The molecule has 174 valence electrons. The zero-order valence-electron chi connectivity index (χ0n) is 19.2. The van der Waals surface area contributed by atoms with Crippen LogP contribution in [-0.2, 0) is 22.4 Å². The predicted molar refractivity (Wildman–Crippen MR) is 132 cm³/mol. The Bertz CT molecular complexity index is 1260. The van der Waals surface area contributed by atoms with Gasteiger partial charge in [0.05, 0.1) is 12.2 Å². The monoisotopic (exact) mass is 474 g/mol. The van der Waals surface area contributed by atoms with Crippen LogP contribution in [0.4, 0.5) is 5.00 Å². The Morgan fingerprint density at radius 3 is 2.74 bits per heavy atom. The molecule has 0 fully saturated rings. The van der Waals surface area contributed by atoms with E-state index in [1.54, 1.807) is 19.1 Å². The Morgan fingerprint density at radius 2 is 2.03 bits per heavy atom. The molecule has 0 radical (unpaired) electrons. The highest BCUT2D eigenvalue weighted by Crippen LogP contribution is 2.41. The average Bonchev–Trinajstić information content (AvgIpc) is 3.46. The van der Waals surface area contributed by atoms with Gasteiger partial charge in [-0.25, -0.2) is 4.79 Å². The molecule has 0 spiro atoms. The number of fused-ring (bicyclic) bond motifs is 1. The normalized spacial score (nSPS) is 15.3. The van der Waals surface area contributed by atoms with Crippen molar-refractivity contribution in [1.82, 2.24) is 0 Å². The molecule has 1 atom stereocenters. The van der Waals surface area contributed by atoms with Gasteiger partial charge in [0, 0.05) is 16.5 Å². The first-order valence-corrected chi connectivity index (χ1v) is 12.3. The van der Waals surface area contributed by atoms with Crippen LogP contribution in [0.25, 0.3) is 17.4 Å². The number of benzene rings is 1. The Balaban J connectivity index is 1.60. The lowest BCUT2D eigenvalue weighted by Crippen LogP contribution is -2.17. The minimum absolute atomic E-state index is 0.110. The topological polar surface area (TPSA) is 92.3 Å². The third-order valence-electron chi connectivity index (χ3n) is 5.99. The lowest BCUT2D eigenvalue weighted by molar-refractivity contribution is -0.112. The summed E-state index contributed by atoms with van der Waals surface area (Å²) in [6.45, 7) is 4.17. The lowest BCUT2D eigenvalue weighted by Gasteiger charge is -2.20. The molecule has 4 rings (SSSR count). The van der Waals surface area contributed by atoms with E-state index in [0.717, 1.165) is 41.7 Å². The van der Waals surface area contributed by atoms with E-state index in [0.29, 0.717) is 28.0 Å². The largest absolute Gasteiger partial charge is 0.462 e. The van der Waals surface area contributed by atoms with E-state index >= 15 is 0 Å². The molecule has 2 aromatic heterocycles. The number of esters is 1. The van der Waals surface area contributed by atoms with Crippen LogP contribution >= 0.6 is 11.3 Å². The van der Waals surface area contributed by atoms with Crippen LogP contribution in [0.1, 0.15) is 53.2 Å². The Kier molecular flexibility index (Phi) is 7.29. The van der Waals surface area contributed by atoms with Gasteiger partial charge in [-0.2, -0.15) is 5.26 Å². The SMILES string of the molecule is CCOC(=O)c1c(NC(=O)/C(C#N)=C/c2ccc(-c3ccccc3)o2)sc2c1CCC(CC)C2. The number of furan rings is 1. The summed E-state index contributed by atoms with van der Waals surface area (Å²) in [6, 6.07) is 15.0. The van der Waals surface area contributed by atoms with Crippen molar-refractivity contribution in [3.8, 4) is 17.4 Å². The Labute approximate surface area is 202 Å². The van der Waals surface area contributed by atoms with Crippen molar-refractivity contribution in [3.05, 3.63) is 69.8 Å². The average molecular weight is 475 g/mol. The van der Waals surface area contributed by atoms with Crippen molar-refractivity contribution in [1.29, 1.82) is 5.26 Å². The van der Waals surface area contributed by atoms with Gasteiger partial charge in [0.15, 0.2) is 0 Å². The van der Waals surface area contributed by atoms with Crippen LogP contribution in [0.2, 0.25) is 0 Å². The van der Waals surface area contributed by atoms with Crippen molar-refractivity contribution in [2.45, 2.75) is 39.5 Å². The number of nitrogens with one attached hydrogen (secondary N) is 1. The number of rotatable bonds is 7. The molecule has 34 heavy (non-hydrogen) atoms. The first-order valence-electron chi connectivity index (χ1n) is 11.4. The number of carbonyl (C=O) groups excluding carboxylic acids is 2. The van der Waals surface area contributed by atoms with E-state index < -0.39 is 11.9 Å². The maximum Gasteiger partial charge on any atom is 0.341 e. The summed E-state index contributed by atoms with van der Waals surface area (Å²) in [5.41, 5.74) is 2.18. The maximum atomic E-state index is 13.0. The molecule has 1 amide bonds. The minimum Gasteiger partial charge on any atom is -0.462 e. The maximum absolute atomic E-state index is 13.0. The van der Waals surface area contributed by atoms with E-state index in [9.17, 15) is 14.9 Å². The molecular formula is C27H26N2O4S. The molecule has 0 bridgehead atoms. The van der Waals surface area contributed by atoms with E-state index in [1.165, 1.54) is 17.4 Å². The van der Waals surface area contributed by atoms with Crippen molar-refractivity contribution in [3.63, 3.8) is 0 Å². The number of thiophene rings is 1. The van der Waals surface area contributed by atoms with E-state index in [-0.39, 0.29) is 12.2 Å². The van der Waals surface area contributed by atoms with Gasteiger partial charge in [-0.15, -0.1) is 11.3 Å². The van der Waals surface area contributed by atoms with E-state index in [4.69, 9.17) is 9.15 Å². The number of nitrogens with zero attached hydrogens (tertiary/aromatic N) is 1. The molecule has 0 saturated carbocycles. The van der Waals surface area contributed by atoms with Gasteiger partial charge in [-0.05, 0) is 49.8 Å². The molecule has 7 heteroatoms. The highest BCUT2D eigenvalue weighted by Gasteiger charge is 2.30. The van der Waals surface area contributed by atoms with Gasteiger partial charge in [0.2, 0.25) is 0 Å². The van der Waals surface area contributed by atoms with Crippen molar-refractivity contribution < 1.29 is 18.7 Å². The van der Waals surface area contributed by atoms with E-state index in [2.05, 4.69) is 12.2 Å². The summed E-state index contributed by atoms with van der Waals surface area (Å²) in [4.78, 5) is 26.8. The smallest absolute Gasteiger partial charge is 0.341 e. The van der Waals surface area contributed by atoms with Gasteiger partial charge in [-0.1, -0.05) is 43.7 Å². The third kappa shape index (κ3) is 4.97. The standard InChI is InChI=1S/C27H26N2O4S/c1-3-17-10-12-21-23(14-17)34-26(24(21)27(31)32-4-2)29-25(30)19(16-28)15-20-11-13-22(33-20)18-8-6-5-7-9-18/h5-9,11,13,15,17H,3-4,10,12,14H2,1-2H3,(H,29,30)/b19-15+. The fourth-order valence-electron chi connectivity index (χ4n) is 4.16. The first kappa shape index (κ1) is 23.5. The first-order chi connectivity index (χ1) is 16.5. The highest BCUT2D eigenvalue weighted by molar-refractivity contribution is 7.17. The van der Waals surface area contributed by atoms with E-state index in [1.807, 2.05) is 36.4 Å². The second kappa shape index (κ2) is 10.5. The number of carbonyl (C=O) groups is 2. The molecule has 0 aliphatic heterocycles. The quantitative estimate of drug-likeness (QED) is 0.248. The summed E-state index contributed by atoms with van der Waals surface area (Å²) in [5, 5.41) is 12.9. The second-order valence-electron chi connectivity index (χ2n) is 8.14. The number of hydrogen-bond acceptors (Lipinski definition) is 6. The van der Waals surface area contributed by atoms with Crippen molar-refractivity contribution >= 4 is 34.3 Å². The van der Waals surface area contributed by atoms with Crippen LogP contribution in [0.5, 0.6) is 0 Å². The molecule has 1 aliphatic carbocycles. The highest BCUT2D eigenvalue weighted by atomic mass is 32.1. The minimum atomic E-state index is -0.587. The molecule has 1 aliphatic rings. The number of nitriles is 1. The number of ether oxygens (including phenoxy) is 1. The molecule has 1 N–H and O–H groups in total. The molecule has 0 saturated heterocycles. The van der Waals surface area contributed by atoms with Crippen molar-refractivity contribution in [2.75, 3.05) is 11.9 Å². The van der Waals surface area contributed by atoms with Crippen LogP contribution < -0.4 is 5.32 Å². The van der Waals surface area contributed by atoms with Gasteiger partial charge in [-0.3, -0.25) is 4.79 Å². The number of hydrogen-bond donors (Lipinski definition) is 1. The zero-order chi connectivity index (χ0) is 24.1. The third-order valence-corrected chi connectivity index (χ3v) is 7.16. The Hall–Kier alpha value is -3.63. The Morgan fingerprint density at radius 1 is 1.24 bits per heavy atom. The summed E-state index contributed by atoms with van der Waals surface area (Å²) in [6.07, 6.45) is 5.15. The summed E-state index contributed by atoms with van der Waals surface area (Å²) in [5.74, 6) is 0.581. The lowest BCUT2D eigenvalue weighted by atomic mass is 9.85. The summed E-state index contributed by atoms with van der Waals surface area (Å²) < 4.78 is 11.1. The summed E-state index contributed by atoms with van der Waals surface area (Å²) >= 11 is 1.41. The molecule has 1 unspecified atom stereocenters. The van der Waals surface area contributed by atoms with Gasteiger partial charge >= 0.3 is 5.97 Å². The molecular weight excluding hydrogens is 448 g/mol.